The van der Waals surface area contributed by atoms with E-state index in [9.17, 15) is 0 Å². The molecule has 16 heavy (non-hydrogen) atoms. The summed E-state index contributed by atoms with van der Waals surface area (Å²) in [4.78, 5) is 0. The van der Waals surface area contributed by atoms with Gasteiger partial charge in [-0.25, -0.2) is 0 Å². The fourth-order valence-electron chi connectivity index (χ4n) is 1.71. The third kappa shape index (κ3) is 4.19. The Kier molecular flexibility index (Phi) is 5.27. The Balaban J connectivity index is 2.46. The van der Waals surface area contributed by atoms with Crippen LogP contribution in [0.2, 0.25) is 0 Å². The van der Waals surface area contributed by atoms with E-state index in [1.807, 2.05) is 6.92 Å². The van der Waals surface area contributed by atoms with Crippen LogP contribution in [0.15, 0.2) is 35.9 Å². The average molecular weight is 218 g/mol. The summed E-state index contributed by atoms with van der Waals surface area (Å²) in [6.07, 6.45) is 4.31. The molecule has 1 atom stereocenters. The molecule has 0 aliphatic rings. The van der Waals surface area contributed by atoms with Crippen LogP contribution in [0.25, 0.3) is 0 Å². The molecular weight excluding hydrogens is 196 g/mol. The highest BCUT2D eigenvalue weighted by atomic mass is 16.3. The average Bonchev–Trinajstić information content (AvgIpc) is 2.29. The standard InChI is InChI=1S/C15H22O/c1-12-7-9-15(10-8-12)14(3)6-4-5-13(2)11-16/h5,7-10,14,16H,4,6,11H2,1-3H3. The number of aryl methyl sites for hydroxylation is 1. The lowest BCUT2D eigenvalue weighted by molar-refractivity contribution is 0.331. The zero-order chi connectivity index (χ0) is 12.0. The molecule has 0 aromatic heterocycles. The van der Waals surface area contributed by atoms with E-state index < -0.39 is 0 Å². The summed E-state index contributed by atoms with van der Waals surface area (Å²) in [5.74, 6) is 0.586. The van der Waals surface area contributed by atoms with Crippen molar-refractivity contribution in [3.63, 3.8) is 0 Å². The summed E-state index contributed by atoms with van der Waals surface area (Å²) in [5, 5.41) is 8.88. The first-order valence-electron chi connectivity index (χ1n) is 5.96. The maximum Gasteiger partial charge on any atom is 0.0639 e. The van der Waals surface area contributed by atoms with Crippen LogP contribution in [0, 0.1) is 6.92 Å². The second-order valence-electron chi connectivity index (χ2n) is 4.60. The molecule has 0 fully saturated rings. The van der Waals surface area contributed by atoms with Crippen molar-refractivity contribution in [2.75, 3.05) is 6.61 Å². The second kappa shape index (κ2) is 6.49. The minimum Gasteiger partial charge on any atom is -0.392 e. The summed E-state index contributed by atoms with van der Waals surface area (Å²) in [7, 11) is 0. The van der Waals surface area contributed by atoms with Crippen molar-refractivity contribution in [3.8, 4) is 0 Å². The van der Waals surface area contributed by atoms with Gasteiger partial charge in [-0.1, -0.05) is 48.4 Å². The highest BCUT2D eigenvalue weighted by molar-refractivity contribution is 5.24. The third-order valence-electron chi connectivity index (χ3n) is 2.99. The number of aliphatic hydroxyl groups is 1. The SMILES string of the molecule is CC(=CCCC(C)c1ccc(C)cc1)CO. The van der Waals surface area contributed by atoms with E-state index in [0.29, 0.717) is 5.92 Å². The first-order chi connectivity index (χ1) is 7.63. The normalized spacial score (nSPS) is 13.9. The monoisotopic (exact) mass is 218 g/mol. The van der Waals surface area contributed by atoms with Gasteiger partial charge in [-0.15, -0.1) is 0 Å². The Morgan fingerprint density at radius 2 is 1.94 bits per heavy atom. The second-order valence-corrected chi connectivity index (χ2v) is 4.60. The molecule has 0 heterocycles. The van der Waals surface area contributed by atoms with Crippen LogP contribution in [0.5, 0.6) is 0 Å². The topological polar surface area (TPSA) is 20.2 Å². The van der Waals surface area contributed by atoms with Crippen LogP contribution in [0.4, 0.5) is 0 Å². The predicted octanol–water partition coefficient (Wildman–Crippen LogP) is 3.82. The fourth-order valence-corrected chi connectivity index (χ4v) is 1.71. The van der Waals surface area contributed by atoms with Gasteiger partial charge in [0.15, 0.2) is 0 Å². The van der Waals surface area contributed by atoms with Crippen LogP contribution in [0.3, 0.4) is 0 Å². The quantitative estimate of drug-likeness (QED) is 0.745. The van der Waals surface area contributed by atoms with Gasteiger partial charge in [-0.05, 0) is 38.2 Å². The molecular formula is C15H22O. The number of allylic oxidation sites excluding steroid dienone is 1. The molecule has 0 spiro atoms. The van der Waals surface area contributed by atoms with Crippen molar-refractivity contribution < 1.29 is 5.11 Å². The Morgan fingerprint density at radius 3 is 2.50 bits per heavy atom. The minimum atomic E-state index is 0.179. The molecule has 1 aromatic carbocycles. The van der Waals surface area contributed by atoms with Crippen LogP contribution in [-0.2, 0) is 0 Å². The molecule has 0 saturated carbocycles. The smallest absolute Gasteiger partial charge is 0.0639 e. The number of hydrogen-bond acceptors (Lipinski definition) is 1. The van der Waals surface area contributed by atoms with E-state index >= 15 is 0 Å². The van der Waals surface area contributed by atoms with Crippen molar-refractivity contribution in [2.45, 2.75) is 39.5 Å². The van der Waals surface area contributed by atoms with Gasteiger partial charge in [0.25, 0.3) is 0 Å². The third-order valence-corrected chi connectivity index (χ3v) is 2.99. The lowest BCUT2D eigenvalue weighted by Gasteiger charge is -2.10. The summed E-state index contributed by atoms with van der Waals surface area (Å²) < 4.78 is 0. The zero-order valence-corrected chi connectivity index (χ0v) is 10.5. The predicted molar refractivity (Wildman–Crippen MR) is 69.7 cm³/mol. The molecule has 0 radical (unpaired) electrons. The van der Waals surface area contributed by atoms with Crippen molar-refractivity contribution in [1.29, 1.82) is 0 Å². The molecule has 1 aromatic rings. The Labute approximate surface area is 98.8 Å². The van der Waals surface area contributed by atoms with E-state index in [2.05, 4.69) is 44.2 Å². The van der Waals surface area contributed by atoms with Crippen molar-refractivity contribution in [3.05, 3.63) is 47.0 Å². The van der Waals surface area contributed by atoms with Crippen LogP contribution in [-0.4, -0.2) is 11.7 Å². The lowest BCUT2D eigenvalue weighted by Crippen LogP contribution is -1.93. The number of rotatable bonds is 5. The maximum atomic E-state index is 8.88. The van der Waals surface area contributed by atoms with Gasteiger partial charge in [0, 0.05) is 0 Å². The Bertz CT molecular complexity index is 335. The van der Waals surface area contributed by atoms with E-state index in [1.165, 1.54) is 11.1 Å². The van der Waals surface area contributed by atoms with Gasteiger partial charge < -0.3 is 5.11 Å². The van der Waals surface area contributed by atoms with Crippen molar-refractivity contribution in [1.82, 2.24) is 0 Å². The van der Waals surface area contributed by atoms with Gasteiger partial charge in [0.1, 0.15) is 0 Å². The van der Waals surface area contributed by atoms with Gasteiger partial charge in [0.05, 0.1) is 6.61 Å². The molecule has 0 bridgehead atoms. The van der Waals surface area contributed by atoms with Crippen LogP contribution >= 0.6 is 0 Å². The molecule has 0 aliphatic heterocycles. The molecule has 1 nitrogen and oxygen atoms in total. The van der Waals surface area contributed by atoms with Gasteiger partial charge in [-0.3, -0.25) is 0 Å². The first kappa shape index (κ1) is 13.0. The fraction of sp³-hybridized carbons (Fsp3) is 0.467. The summed E-state index contributed by atoms with van der Waals surface area (Å²) in [5.41, 5.74) is 3.78. The van der Waals surface area contributed by atoms with Crippen molar-refractivity contribution >= 4 is 0 Å². The summed E-state index contributed by atoms with van der Waals surface area (Å²) in [6, 6.07) is 8.76. The van der Waals surface area contributed by atoms with Crippen LogP contribution in [0.1, 0.15) is 43.7 Å². The van der Waals surface area contributed by atoms with Gasteiger partial charge in [0.2, 0.25) is 0 Å². The highest BCUT2D eigenvalue weighted by Gasteiger charge is 2.03. The van der Waals surface area contributed by atoms with Gasteiger partial charge in [-0.2, -0.15) is 0 Å². The summed E-state index contributed by atoms with van der Waals surface area (Å²) >= 11 is 0. The minimum absolute atomic E-state index is 0.179. The Hall–Kier alpha value is -1.08. The molecule has 88 valence electrons. The summed E-state index contributed by atoms with van der Waals surface area (Å²) in [6.45, 7) is 6.52. The number of hydrogen-bond donors (Lipinski definition) is 1. The number of aliphatic hydroxyl groups excluding tert-OH is 1. The van der Waals surface area contributed by atoms with E-state index in [1.54, 1.807) is 0 Å². The van der Waals surface area contributed by atoms with E-state index in [4.69, 9.17) is 5.11 Å². The Morgan fingerprint density at radius 1 is 1.31 bits per heavy atom. The van der Waals surface area contributed by atoms with Gasteiger partial charge >= 0.3 is 0 Å². The highest BCUT2D eigenvalue weighted by Crippen LogP contribution is 2.21. The largest absolute Gasteiger partial charge is 0.392 e. The van der Waals surface area contributed by atoms with E-state index in [0.717, 1.165) is 18.4 Å². The maximum absolute atomic E-state index is 8.88. The van der Waals surface area contributed by atoms with Crippen molar-refractivity contribution in [2.24, 2.45) is 0 Å². The first-order valence-corrected chi connectivity index (χ1v) is 5.96. The molecule has 1 rings (SSSR count). The van der Waals surface area contributed by atoms with Crippen LogP contribution < -0.4 is 0 Å². The molecule has 1 unspecified atom stereocenters. The molecule has 0 saturated heterocycles. The molecule has 0 amide bonds. The molecule has 0 aliphatic carbocycles. The number of benzene rings is 1. The lowest BCUT2D eigenvalue weighted by atomic mass is 9.95. The van der Waals surface area contributed by atoms with E-state index in [-0.39, 0.29) is 6.61 Å². The molecule has 1 heteroatoms. The zero-order valence-electron chi connectivity index (χ0n) is 10.5. The molecule has 1 N–H and O–H groups in total.